The van der Waals surface area contributed by atoms with Crippen LogP contribution in [0.25, 0.3) is 11.0 Å². The zero-order chi connectivity index (χ0) is 28.7. The maximum Gasteiger partial charge on any atom is 0.175 e. The number of hydrogen-bond acceptors (Lipinski definition) is 3. The van der Waals surface area contributed by atoms with Gasteiger partial charge in [0.15, 0.2) is 4.77 Å². The molecule has 0 bridgehead atoms. The van der Waals surface area contributed by atoms with E-state index in [0.29, 0.717) is 10.8 Å². The maximum atomic E-state index is 4.90. The van der Waals surface area contributed by atoms with Crippen molar-refractivity contribution in [2.45, 2.75) is 77.2 Å². The van der Waals surface area contributed by atoms with Gasteiger partial charge in [0.1, 0.15) is 0 Å². The van der Waals surface area contributed by atoms with E-state index in [1.807, 2.05) is 24.3 Å². The molecule has 5 heteroatoms. The average Bonchev–Trinajstić information content (AvgIpc) is 3.61. The number of benzene rings is 3. The SMILES string of the molecule is CCCCCCCCN1C(=CC=CC2Nc3ccccc3C2(C)C)Cc2ccccc21.S=c1[nH]c2ccccc2[nH]1. The highest BCUT2D eigenvalue weighted by atomic mass is 32.1. The summed E-state index contributed by atoms with van der Waals surface area (Å²) in [6.45, 7) is 8.09. The summed E-state index contributed by atoms with van der Waals surface area (Å²) in [4.78, 5) is 8.59. The third-order valence-corrected chi connectivity index (χ3v) is 8.67. The maximum absolute atomic E-state index is 4.90. The van der Waals surface area contributed by atoms with E-state index in [0.717, 1.165) is 24.0 Å². The van der Waals surface area contributed by atoms with Gasteiger partial charge in [0.25, 0.3) is 0 Å². The standard InChI is InChI=1S/C29H38N2.C7H6N2S/c1-4-5-6-7-8-13-21-31-24(22-23-15-9-12-19-27(23)31)16-14-20-28-29(2,3)25-17-10-11-18-26(25)30-28;10-7-8-5-3-1-2-4-6(5)9-7/h9-12,14-20,28,30H,4-8,13,21-22H2,1-3H3;1-4H,(H2,8,9,10). The van der Waals surface area contributed by atoms with E-state index in [4.69, 9.17) is 12.2 Å². The quantitative estimate of drug-likeness (QED) is 0.140. The summed E-state index contributed by atoms with van der Waals surface area (Å²) in [6, 6.07) is 25.9. The van der Waals surface area contributed by atoms with Crippen LogP contribution < -0.4 is 10.2 Å². The first kappa shape index (κ1) is 28.9. The lowest BCUT2D eigenvalue weighted by molar-refractivity contribution is 0.518. The molecule has 1 atom stereocenters. The first-order valence-corrected chi connectivity index (χ1v) is 15.6. The number of aromatic nitrogens is 2. The van der Waals surface area contributed by atoms with Gasteiger partial charge < -0.3 is 20.2 Å². The number of aromatic amines is 2. The van der Waals surface area contributed by atoms with E-state index in [1.165, 1.54) is 66.7 Å². The molecule has 0 amide bonds. The van der Waals surface area contributed by atoms with Gasteiger partial charge in [-0.15, -0.1) is 0 Å². The van der Waals surface area contributed by atoms with E-state index >= 15 is 0 Å². The zero-order valence-electron chi connectivity index (χ0n) is 24.7. The molecule has 3 N–H and O–H groups in total. The molecule has 3 aromatic carbocycles. The molecule has 0 radical (unpaired) electrons. The van der Waals surface area contributed by atoms with Crippen LogP contribution in [0.2, 0.25) is 0 Å². The van der Waals surface area contributed by atoms with Crippen molar-refractivity contribution in [3.63, 3.8) is 0 Å². The molecule has 0 aliphatic carbocycles. The van der Waals surface area contributed by atoms with Gasteiger partial charge in [-0.25, -0.2) is 0 Å². The first-order chi connectivity index (χ1) is 20.0. The Labute approximate surface area is 250 Å². The summed E-state index contributed by atoms with van der Waals surface area (Å²) in [5.74, 6) is 0. The van der Waals surface area contributed by atoms with E-state index in [-0.39, 0.29) is 5.41 Å². The second-order valence-electron chi connectivity index (χ2n) is 11.8. The number of para-hydroxylation sites is 4. The van der Waals surface area contributed by atoms with Crippen LogP contribution in [0.4, 0.5) is 11.4 Å². The molecular weight excluding hydrogens is 520 g/mol. The molecule has 4 aromatic rings. The fourth-order valence-electron chi connectivity index (χ4n) is 6.06. The topological polar surface area (TPSA) is 46.8 Å². The Morgan fingerprint density at radius 1 is 0.854 bits per heavy atom. The Morgan fingerprint density at radius 2 is 1.51 bits per heavy atom. The molecule has 4 nitrogen and oxygen atoms in total. The third-order valence-electron chi connectivity index (χ3n) is 8.46. The van der Waals surface area contributed by atoms with Crippen molar-refractivity contribution in [1.29, 1.82) is 0 Å². The largest absolute Gasteiger partial charge is 0.378 e. The smallest absolute Gasteiger partial charge is 0.175 e. The molecule has 3 heterocycles. The number of fused-ring (bicyclic) bond motifs is 3. The average molecular weight is 565 g/mol. The Balaban J connectivity index is 0.000000282. The summed E-state index contributed by atoms with van der Waals surface area (Å²) in [7, 11) is 0. The Morgan fingerprint density at radius 3 is 2.27 bits per heavy atom. The van der Waals surface area contributed by atoms with Gasteiger partial charge in [0.05, 0.1) is 17.1 Å². The Bertz CT molecular complexity index is 1520. The predicted molar refractivity (Wildman–Crippen MR) is 178 cm³/mol. The molecule has 1 unspecified atom stereocenters. The number of hydrogen-bond donors (Lipinski definition) is 3. The lowest BCUT2D eigenvalue weighted by atomic mass is 9.80. The molecule has 2 aliphatic heterocycles. The van der Waals surface area contributed by atoms with Crippen LogP contribution in [-0.2, 0) is 11.8 Å². The van der Waals surface area contributed by atoms with E-state index < -0.39 is 0 Å². The number of rotatable bonds is 9. The third kappa shape index (κ3) is 6.84. The normalized spacial score (nSPS) is 17.9. The summed E-state index contributed by atoms with van der Waals surface area (Å²) in [5, 5.41) is 3.71. The van der Waals surface area contributed by atoms with Crippen LogP contribution in [0.1, 0.15) is 70.4 Å². The summed E-state index contributed by atoms with van der Waals surface area (Å²) in [5.41, 5.74) is 9.20. The minimum atomic E-state index is 0.0996. The minimum absolute atomic E-state index is 0.0996. The number of anilines is 2. The predicted octanol–water partition coefficient (Wildman–Crippen LogP) is 9.85. The first-order valence-electron chi connectivity index (χ1n) is 15.2. The number of unbranched alkanes of at least 4 members (excludes halogenated alkanes) is 5. The summed E-state index contributed by atoms with van der Waals surface area (Å²) in [6.07, 6.45) is 16.0. The molecule has 0 fully saturated rings. The summed E-state index contributed by atoms with van der Waals surface area (Å²) < 4.78 is 0.682. The van der Waals surface area contributed by atoms with Crippen LogP contribution in [0.5, 0.6) is 0 Å². The van der Waals surface area contributed by atoms with Gasteiger partial charge in [-0.1, -0.05) is 114 Å². The van der Waals surface area contributed by atoms with Gasteiger partial charge in [0.2, 0.25) is 0 Å². The molecule has 2 aliphatic rings. The number of allylic oxidation sites excluding steroid dienone is 3. The van der Waals surface area contributed by atoms with Crippen LogP contribution in [0.15, 0.2) is 96.7 Å². The Kier molecular flexibility index (Phi) is 9.45. The number of nitrogens with one attached hydrogen (secondary N) is 3. The molecule has 214 valence electrons. The summed E-state index contributed by atoms with van der Waals surface area (Å²) >= 11 is 4.90. The number of imidazole rings is 1. The van der Waals surface area contributed by atoms with E-state index in [9.17, 15) is 0 Å². The lowest BCUT2D eigenvalue weighted by Gasteiger charge is -2.25. The zero-order valence-corrected chi connectivity index (χ0v) is 25.6. The monoisotopic (exact) mass is 564 g/mol. The van der Waals surface area contributed by atoms with E-state index in [2.05, 4.69) is 108 Å². The van der Waals surface area contributed by atoms with Crippen LogP contribution >= 0.6 is 12.2 Å². The molecule has 0 saturated heterocycles. The fraction of sp³-hybridized carbons (Fsp3) is 0.361. The highest BCUT2D eigenvalue weighted by Crippen LogP contribution is 2.41. The minimum Gasteiger partial charge on any atom is -0.378 e. The van der Waals surface area contributed by atoms with Crippen LogP contribution in [-0.4, -0.2) is 22.6 Å². The van der Waals surface area contributed by atoms with Gasteiger partial charge in [0, 0.05) is 35.5 Å². The number of H-pyrrole nitrogens is 2. The van der Waals surface area contributed by atoms with Gasteiger partial charge in [-0.05, 0) is 60.1 Å². The molecule has 1 aromatic heterocycles. The number of nitrogens with zero attached hydrogens (tertiary/aromatic N) is 1. The Hall–Kier alpha value is -3.57. The van der Waals surface area contributed by atoms with Gasteiger partial charge >= 0.3 is 0 Å². The highest BCUT2D eigenvalue weighted by Gasteiger charge is 2.37. The lowest BCUT2D eigenvalue weighted by Crippen LogP contribution is -2.31. The van der Waals surface area contributed by atoms with Crippen LogP contribution in [0, 0.1) is 4.77 Å². The second kappa shape index (κ2) is 13.4. The van der Waals surface area contributed by atoms with Crippen molar-refractivity contribution in [2.24, 2.45) is 0 Å². The van der Waals surface area contributed by atoms with Crippen molar-refractivity contribution in [1.82, 2.24) is 9.97 Å². The van der Waals surface area contributed by atoms with E-state index in [1.54, 1.807) is 0 Å². The van der Waals surface area contributed by atoms with Crippen LogP contribution in [0.3, 0.4) is 0 Å². The molecular formula is C36H44N4S. The second-order valence-corrected chi connectivity index (χ2v) is 12.2. The van der Waals surface area contributed by atoms with Crippen molar-refractivity contribution >= 4 is 34.6 Å². The van der Waals surface area contributed by atoms with Crippen molar-refractivity contribution in [3.8, 4) is 0 Å². The molecule has 0 saturated carbocycles. The molecule has 6 rings (SSSR count). The van der Waals surface area contributed by atoms with Gasteiger partial charge in [-0.3, -0.25) is 0 Å². The van der Waals surface area contributed by atoms with Crippen molar-refractivity contribution in [2.75, 3.05) is 16.8 Å². The molecule has 41 heavy (non-hydrogen) atoms. The van der Waals surface area contributed by atoms with Gasteiger partial charge in [-0.2, -0.15) is 0 Å². The highest BCUT2D eigenvalue weighted by molar-refractivity contribution is 7.71. The molecule has 0 spiro atoms. The van der Waals surface area contributed by atoms with Crippen molar-refractivity contribution < 1.29 is 0 Å². The fourth-order valence-corrected chi connectivity index (χ4v) is 6.28. The van der Waals surface area contributed by atoms with Crippen molar-refractivity contribution in [3.05, 3.63) is 113 Å².